The average molecular weight is 298 g/mol. The molecular formula is C16H26O5. The fraction of sp³-hybridized carbons (Fsp3) is 0.812. The van der Waals surface area contributed by atoms with E-state index in [1.165, 1.54) is 7.11 Å². The summed E-state index contributed by atoms with van der Waals surface area (Å²) in [6.07, 6.45) is 0. The molecule has 0 N–H and O–H groups in total. The summed E-state index contributed by atoms with van der Waals surface area (Å²) in [5.41, 5.74) is -1.36. The van der Waals surface area contributed by atoms with Crippen molar-refractivity contribution in [1.82, 2.24) is 0 Å². The number of ether oxygens (including phenoxy) is 4. The molecule has 0 bridgehead atoms. The van der Waals surface area contributed by atoms with Crippen molar-refractivity contribution in [2.75, 3.05) is 21.0 Å². The summed E-state index contributed by atoms with van der Waals surface area (Å²) in [5.74, 6) is -0.348. The molecule has 5 heteroatoms. The van der Waals surface area contributed by atoms with Gasteiger partial charge >= 0.3 is 5.97 Å². The maximum atomic E-state index is 12.4. The molecule has 1 saturated heterocycles. The van der Waals surface area contributed by atoms with Crippen molar-refractivity contribution < 1.29 is 23.7 Å². The number of hydrogen-bond donors (Lipinski definition) is 0. The molecule has 5 nitrogen and oxygen atoms in total. The largest absolute Gasteiger partial charge is 0.466 e. The highest BCUT2D eigenvalue weighted by atomic mass is 16.7. The Labute approximate surface area is 126 Å². The molecule has 1 heterocycles. The van der Waals surface area contributed by atoms with Crippen LogP contribution in [-0.2, 0) is 23.7 Å². The SMILES string of the molecule is COC(=O)C1=C(C)C2(C)OCOC2(C)[C@](C)(OC)C1(C)C. The number of carbonyl (C=O) groups is 1. The van der Waals surface area contributed by atoms with Crippen LogP contribution >= 0.6 is 0 Å². The molecule has 0 amide bonds. The van der Waals surface area contributed by atoms with Gasteiger partial charge in [-0.15, -0.1) is 0 Å². The van der Waals surface area contributed by atoms with Crippen molar-refractivity contribution in [3.63, 3.8) is 0 Å². The zero-order valence-electron chi connectivity index (χ0n) is 14.2. The fourth-order valence-electron chi connectivity index (χ4n) is 4.10. The molecule has 0 radical (unpaired) electrons. The van der Waals surface area contributed by atoms with Gasteiger partial charge in [0, 0.05) is 18.1 Å². The van der Waals surface area contributed by atoms with Gasteiger partial charge in [0.25, 0.3) is 0 Å². The number of rotatable bonds is 2. The summed E-state index contributed by atoms with van der Waals surface area (Å²) >= 11 is 0. The van der Waals surface area contributed by atoms with Gasteiger partial charge in [-0.3, -0.25) is 0 Å². The van der Waals surface area contributed by atoms with E-state index >= 15 is 0 Å². The van der Waals surface area contributed by atoms with Gasteiger partial charge in [0.1, 0.15) is 23.6 Å². The standard InChI is InChI=1S/C16H26O5/c1-10-11(12(17)18-7)13(2,3)15(5,19-8)16(6)14(10,4)20-9-21-16/h9H2,1-8H3/t14?,15-,16?/m1/s1. The van der Waals surface area contributed by atoms with Crippen molar-refractivity contribution in [2.24, 2.45) is 5.41 Å². The van der Waals surface area contributed by atoms with Gasteiger partial charge in [0.2, 0.25) is 0 Å². The molecule has 0 aromatic rings. The lowest BCUT2D eigenvalue weighted by atomic mass is 9.52. The van der Waals surface area contributed by atoms with Crippen molar-refractivity contribution in [3.05, 3.63) is 11.1 Å². The summed E-state index contributed by atoms with van der Waals surface area (Å²) in [6.45, 7) is 12.0. The number of carbonyl (C=O) groups excluding carboxylic acids is 1. The molecule has 0 aromatic carbocycles. The van der Waals surface area contributed by atoms with Crippen LogP contribution in [-0.4, -0.2) is 43.8 Å². The van der Waals surface area contributed by atoms with Crippen LogP contribution in [0.1, 0.15) is 41.5 Å². The van der Waals surface area contributed by atoms with E-state index in [9.17, 15) is 4.79 Å². The van der Waals surface area contributed by atoms with E-state index in [0.717, 1.165) is 5.57 Å². The highest BCUT2D eigenvalue weighted by Crippen LogP contribution is 2.61. The van der Waals surface area contributed by atoms with E-state index in [1.54, 1.807) is 7.11 Å². The Hall–Kier alpha value is -0.910. The van der Waals surface area contributed by atoms with Gasteiger partial charge < -0.3 is 18.9 Å². The molecule has 120 valence electrons. The average Bonchev–Trinajstić information content (AvgIpc) is 2.74. The minimum Gasteiger partial charge on any atom is -0.466 e. The van der Waals surface area contributed by atoms with Crippen LogP contribution < -0.4 is 0 Å². The van der Waals surface area contributed by atoms with Gasteiger partial charge in [0.15, 0.2) is 0 Å². The second-order valence-corrected chi connectivity index (χ2v) is 6.83. The molecule has 1 fully saturated rings. The minimum absolute atomic E-state index is 0.174. The molecule has 21 heavy (non-hydrogen) atoms. The van der Waals surface area contributed by atoms with E-state index in [2.05, 4.69) is 0 Å². The Morgan fingerprint density at radius 2 is 1.67 bits per heavy atom. The van der Waals surface area contributed by atoms with Crippen molar-refractivity contribution in [2.45, 2.75) is 58.3 Å². The van der Waals surface area contributed by atoms with Crippen LogP contribution in [0.2, 0.25) is 0 Å². The molecule has 0 spiro atoms. The first-order valence-electron chi connectivity index (χ1n) is 7.16. The second-order valence-electron chi connectivity index (χ2n) is 6.83. The highest BCUT2D eigenvalue weighted by Gasteiger charge is 2.72. The first-order valence-corrected chi connectivity index (χ1v) is 7.16. The fourth-order valence-corrected chi connectivity index (χ4v) is 4.10. The number of fused-ring (bicyclic) bond motifs is 1. The van der Waals surface area contributed by atoms with Gasteiger partial charge in [-0.05, 0) is 33.3 Å². The lowest BCUT2D eigenvalue weighted by Crippen LogP contribution is -2.72. The van der Waals surface area contributed by atoms with Crippen LogP contribution in [0.5, 0.6) is 0 Å². The zero-order valence-corrected chi connectivity index (χ0v) is 14.2. The molecule has 0 aromatic heterocycles. The van der Waals surface area contributed by atoms with Crippen molar-refractivity contribution >= 4 is 5.97 Å². The van der Waals surface area contributed by atoms with Gasteiger partial charge in [-0.1, -0.05) is 13.8 Å². The molecular weight excluding hydrogens is 272 g/mol. The second kappa shape index (κ2) is 4.54. The smallest absolute Gasteiger partial charge is 0.334 e. The molecule has 2 rings (SSSR count). The Morgan fingerprint density at radius 1 is 1.10 bits per heavy atom. The Balaban J connectivity index is 2.84. The van der Waals surface area contributed by atoms with Gasteiger partial charge in [-0.2, -0.15) is 0 Å². The predicted molar refractivity (Wildman–Crippen MR) is 77.8 cm³/mol. The first-order chi connectivity index (χ1) is 9.53. The van der Waals surface area contributed by atoms with Crippen LogP contribution in [0.25, 0.3) is 0 Å². The number of esters is 1. The van der Waals surface area contributed by atoms with E-state index in [1.807, 2.05) is 41.5 Å². The third-order valence-electron chi connectivity index (χ3n) is 6.22. The maximum Gasteiger partial charge on any atom is 0.334 e. The van der Waals surface area contributed by atoms with Gasteiger partial charge in [0.05, 0.1) is 7.11 Å². The molecule has 1 aliphatic carbocycles. The van der Waals surface area contributed by atoms with E-state index in [-0.39, 0.29) is 12.8 Å². The Morgan fingerprint density at radius 3 is 2.14 bits per heavy atom. The van der Waals surface area contributed by atoms with E-state index < -0.39 is 22.2 Å². The lowest BCUT2D eigenvalue weighted by Gasteiger charge is -2.60. The summed E-state index contributed by atoms with van der Waals surface area (Å²) in [7, 11) is 3.04. The summed E-state index contributed by atoms with van der Waals surface area (Å²) in [6, 6.07) is 0. The molecule has 2 aliphatic rings. The monoisotopic (exact) mass is 298 g/mol. The normalized spacial score (nSPS) is 41.9. The first kappa shape index (κ1) is 16.5. The maximum absolute atomic E-state index is 12.4. The topological polar surface area (TPSA) is 54.0 Å². The number of hydrogen-bond acceptors (Lipinski definition) is 5. The van der Waals surface area contributed by atoms with Crippen LogP contribution in [0.3, 0.4) is 0 Å². The quantitative estimate of drug-likeness (QED) is 0.733. The van der Waals surface area contributed by atoms with Crippen molar-refractivity contribution in [3.8, 4) is 0 Å². The van der Waals surface area contributed by atoms with E-state index in [4.69, 9.17) is 18.9 Å². The Bertz CT molecular complexity index is 509. The summed E-state index contributed by atoms with van der Waals surface area (Å²) < 4.78 is 22.8. The van der Waals surface area contributed by atoms with Crippen molar-refractivity contribution in [1.29, 1.82) is 0 Å². The molecule has 3 atom stereocenters. The lowest BCUT2D eigenvalue weighted by molar-refractivity contribution is -0.226. The predicted octanol–water partition coefficient (Wildman–Crippen LogP) is 2.44. The highest BCUT2D eigenvalue weighted by molar-refractivity contribution is 5.92. The van der Waals surface area contributed by atoms with Crippen LogP contribution in [0.15, 0.2) is 11.1 Å². The summed E-state index contributed by atoms with van der Waals surface area (Å²) in [5, 5.41) is 0. The third-order valence-corrected chi connectivity index (χ3v) is 6.22. The molecule has 1 aliphatic heterocycles. The van der Waals surface area contributed by atoms with Crippen LogP contribution in [0.4, 0.5) is 0 Å². The Kier molecular flexibility index (Phi) is 3.56. The van der Waals surface area contributed by atoms with Gasteiger partial charge in [-0.25, -0.2) is 4.79 Å². The summed E-state index contributed by atoms with van der Waals surface area (Å²) in [4.78, 5) is 12.4. The third kappa shape index (κ3) is 1.60. The van der Waals surface area contributed by atoms with Crippen LogP contribution in [0, 0.1) is 5.41 Å². The van der Waals surface area contributed by atoms with E-state index in [0.29, 0.717) is 5.57 Å². The zero-order chi connectivity index (χ0) is 16.3. The molecule has 2 unspecified atom stereocenters. The minimum atomic E-state index is -0.756. The molecule has 0 saturated carbocycles. The number of methoxy groups -OCH3 is 2.